The Bertz CT molecular complexity index is 534. The molecule has 0 bridgehead atoms. The maximum Gasteiger partial charge on any atom is 0.306 e. The monoisotopic (exact) mass is 554 g/mol. The van der Waals surface area contributed by atoms with E-state index < -0.39 is 6.10 Å². The van der Waals surface area contributed by atoms with Crippen LogP contribution in [0, 0.1) is 5.92 Å². The van der Waals surface area contributed by atoms with E-state index in [1.165, 1.54) is 109 Å². The van der Waals surface area contributed by atoms with Gasteiger partial charge in [0.05, 0.1) is 6.61 Å². The molecule has 39 heavy (non-hydrogen) atoms. The molecule has 0 aromatic rings. The summed E-state index contributed by atoms with van der Waals surface area (Å²) in [5.41, 5.74) is 0. The molecule has 0 aliphatic carbocycles. The van der Waals surface area contributed by atoms with Crippen LogP contribution in [0.25, 0.3) is 0 Å². The minimum atomic E-state index is -0.760. The van der Waals surface area contributed by atoms with Crippen molar-refractivity contribution in [2.75, 3.05) is 13.2 Å². The second-order valence-electron chi connectivity index (χ2n) is 12.1. The van der Waals surface area contributed by atoms with Gasteiger partial charge < -0.3 is 14.6 Å². The van der Waals surface area contributed by atoms with E-state index in [1.54, 1.807) is 0 Å². The van der Waals surface area contributed by atoms with Crippen LogP contribution in [-0.2, 0) is 19.1 Å². The molecule has 1 atom stereocenters. The van der Waals surface area contributed by atoms with Crippen molar-refractivity contribution in [3.05, 3.63) is 0 Å². The van der Waals surface area contributed by atoms with Crippen molar-refractivity contribution in [1.82, 2.24) is 0 Å². The fourth-order valence-corrected chi connectivity index (χ4v) is 4.97. The summed E-state index contributed by atoms with van der Waals surface area (Å²) < 4.78 is 10.5. The SMILES string of the molecule is CCCCCCCCCCCCC(=O)O[C@@H](CO)COC(=O)CCCCCCCCCCCCCCC(C)C. The van der Waals surface area contributed by atoms with Crippen molar-refractivity contribution in [2.24, 2.45) is 5.92 Å². The smallest absolute Gasteiger partial charge is 0.306 e. The Hall–Kier alpha value is -1.10. The molecule has 0 rings (SSSR count). The number of carbonyl (C=O) groups is 2. The van der Waals surface area contributed by atoms with Gasteiger partial charge in [-0.2, -0.15) is 0 Å². The number of aliphatic hydroxyl groups excluding tert-OH is 1. The van der Waals surface area contributed by atoms with Gasteiger partial charge in [-0.3, -0.25) is 9.59 Å². The highest BCUT2D eigenvalue weighted by molar-refractivity contribution is 5.70. The van der Waals surface area contributed by atoms with E-state index in [0.29, 0.717) is 12.8 Å². The summed E-state index contributed by atoms with van der Waals surface area (Å²) in [7, 11) is 0. The van der Waals surface area contributed by atoms with E-state index in [4.69, 9.17) is 9.47 Å². The normalized spacial score (nSPS) is 12.1. The van der Waals surface area contributed by atoms with Gasteiger partial charge in [-0.1, -0.05) is 156 Å². The average Bonchev–Trinajstić information content (AvgIpc) is 2.92. The molecule has 0 heterocycles. The lowest BCUT2D eigenvalue weighted by Gasteiger charge is -2.15. The van der Waals surface area contributed by atoms with Crippen molar-refractivity contribution in [2.45, 2.75) is 187 Å². The van der Waals surface area contributed by atoms with Crippen LogP contribution in [0.4, 0.5) is 0 Å². The molecule has 0 radical (unpaired) electrons. The highest BCUT2D eigenvalue weighted by atomic mass is 16.6. The minimum Gasteiger partial charge on any atom is -0.462 e. The number of rotatable bonds is 30. The molecule has 0 aliphatic rings. The van der Waals surface area contributed by atoms with Gasteiger partial charge in [0.15, 0.2) is 6.10 Å². The third kappa shape index (κ3) is 29.7. The number of ether oxygens (including phenoxy) is 2. The first-order chi connectivity index (χ1) is 19.0. The topological polar surface area (TPSA) is 72.8 Å². The zero-order chi connectivity index (χ0) is 28.8. The summed E-state index contributed by atoms with van der Waals surface area (Å²) in [6.07, 6.45) is 28.7. The van der Waals surface area contributed by atoms with Gasteiger partial charge in [0.25, 0.3) is 0 Å². The Morgan fingerprint density at radius 3 is 1.36 bits per heavy atom. The Morgan fingerprint density at radius 2 is 0.949 bits per heavy atom. The molecular formula is C34H66O5. The summed E-state index contributed by atoms with van der Waals surface area (Å²) >= 11 is 0. The molecule has 0 amide bonds. The fourth-order valence-electron chi connectivity index (χ4n) is 4.97. The molecule has 5 heteroatoms. The van der Waals surface area contributed by atoms with E-state index in [2.05, 4.69) is 20.8 Å². The zero-order valence-corrected chi connectivity index (χ0v) is 26.3. The molecule has 0 spiro atoms. The summed E-state index contributed by atoms with van der Waals surface area (Å²) in [5, 5.41) is 9.48. The molecule has 5 nitrogen and oxygen atoms in total. The first kappa shape index (κ1) is 37.9. The van der Waals surface area contributed by atoms with E-state index in [-0.39, 0.29) is 25.2 Å². The van der Waals surface area contributed by atoms with E-state index in [9.17, 15) is 14.7 Å². The number of hydrogen-bond donors (Lipinski definition) is 1. The van der Waals surface area contributed by atoms with Gasteiger partial charge in [0.1, 0.15) is 6.61 Å². The lowest BCUT2D eigenvalue weighted by molar-refractivity contribution is -0.161. The predicted molar refractivity (Wildman–Crippen MR) is 164 cm³/mol. The van der Waals surface area contributed by atoms with Gasteiger partial charge in [0.2, 0.25) is 0 Å². The zero-order valence-electron chi connectivity index (χ0n) is 26.3. The Labute approximate surface area is 242 Å². The molecule has 0 aromatic carbocycles. The summed E-state index contributed by atoms with van der Waals surface area (Å²) in [5.74, 6) is 0.258. The Kier molecular flexibility index (Phi) is 29.0. The third-order valence-corrected chi connectivity index (χ3v) is 7.58. The second-order valence-corrected chi connectivity index (χ2v) is 12.1. The highest BCUT2D eigenvalue weighted by Crippen LogP contribution is 2.15. The van der Waals surface area contributed by atoms with Crippen molar-refractivity contribution in [1.29, 1.82) is 0 Å². The maximum absolute atomic E-state index is 12.0. The first-order valence-electron chi connectivity index (χ1n) is 17.0. The van der Waals surface area contributed by atoms with Gasteiger partial charge in [-0.05, 0) is 18.8 Å². The molecule has 0 aliphatic heterocycles. The van der Waals surface area contributed by atoms with Crippen LogP contribution in [0.2, 0.25) is 0 Å². The summed E-state index contributed by atoms with van der Waals surface area (Å²) in [6.45, 7) is 6.47. The number of aliphatic hydroxyl groups is 1. The molecule has 232 valence electrons. The van der Waals surface area contributed by atoms with Gasteiger partial charge in [0, 0.05) is 12.8 Å². The quantitative estimate of drug-likeness (QED) is 0.0706. The van der Waals surface area contributed by atoms with Crippen molar-refractivity contribution >= 4 is 11.9 Å². The molecule has 0 aromatic heterocycles. The molecule has 0 saturated heterocycles. The van der Waals surface area contributed by atoms with Crippen molar-refractivity contribution < 1.29 is 24.2 Å². The molecule has 0 saturated carbocycles. The lowest BCUT2D eigenvalue weighted by atomic mass is 10.0. The van der Waals surface area contributed by atoms with Crippen LogP contribution in [0.15, 0.2) is 0 Å². The van der Waals surface area contributed by atoms with Crippen LogP contribution >= 0.6 is 0 Å². The van der Waals surface area contributed by atoms with Gasteiger partial charge in [-0.25, -0.2) is 0 Å². The Morgan fingerprint density at radius 1 is 0.564 bits per heavy atom. The predicted octanol–water partition coefficient (Wildman–Crippen LogP) is 9.86. The van der Waals surface area contributed by atoms with E-state index >= 15 is 0 Å². The Balaban J connectivity index is 3.53. The minimum absolute atomic E-state index is 0.0587. The van der Waals surface area contributed by atoms with Gasteiger partial charge in [-0.15, -0.1) is 0 Å². The van der Waals surface area contributed by atoms with Crippen LogP contribution in [-0.4, -0.2) is 36.4 Å². The molecular weight excluding hydrogens is 488 g/mol. The van der Waals surface area contributed by atoms with Crippen LogP contribution < -0.4 is 0 Å². The largest absolute Gasteiger partial charge is 0.462 e. The number of carbonyl (C=O) groups excluding carboxylic acids is 2. The molecule has 1 N–H and O–H groups in total. The first-order valence-corrected chi connectivity index (χ1v) is 17.0. The standard InChI is InChI=1S/C34H66O5/c1-4-5-6-7-8-9-15-19-22-25-28-34(37)39-32(29-35)30-38-33(36)27-24-21-18-16-13-11-10-12-14-17-20-23-26-31(2)3/h31-32,35H,4-30H2,1-3H3/t32-/m0/s1. The molecule has 0 unspecified atom stereocenters. The highest BCUT2D eigenvalue weighted by Gasteiger charge is 2.16. The maximum atomic E-state index is 12.0. The number of hydrogen-bond acceptors (Lipinski definition) is 5. The average molecular weight is 555 g/mol. The fraction of sp³-hybridized carbons (Fsp3) is 0.941. The summed E-state index contributed by atoms with van der Waals surface area (Å²) in [4.78, 5) is 24.1. The van der Waals surface area contributed by atoms with E-state index in [0.717, 1.165) is 44.4 Å². The van der Waals surface area contributed by atoms with Crippen LogP contribution in [0.1, 0.15) is 181 Å². The third-order valence-electron chi connectivity index (χ3n) is 7.58. The lowest BCUT2D eigenvalue weighted by Crippen LogP contribution is -2.28. The van der Waals surface area contributed by atoms with E-state index in [1.807, 2.05) is 0 Å². The summed E-state index contributed by atoms with van der Waals surface area (Å²) in [6, 6.07) is 0. The van der Waals surface area contributed by atoms with Crippen molar-refractivity contribution in [3.8, 4) is 0 Å². The second kappa shape index (κ2) is 29.9. The van der Waals surface area contributed by atoms with Gasteiger partial charge >= 0.3 is 11.9 Å². The van der Waals surface area contributed by atoms with Crippen molar-refractivity contribution in [3.63, 3.8) is 0 Å². The molecule has 0 fully saturated rings. The van der Waals surface area contributed by atoms with Crippen LogP contribution in [0.5, 0.6) is 0 Å². The number of esters is 2. The number of unbranched alkanes of at least 4 members (excludes halogenated alkanes) is 20. The van der Waals surface area contributed by atoms with Crippen LogP contribution in [0.3, 0.4) is 0 Å².